The first-order chi connectivity index (χ1) is 9.61. The maximum atomic E-state index is 13.6. The molecule has 0 aliphatic carbocycles. The largest absolute Gasteiger partial charge is 0.494 e. The van der Waals surface area contributed by atoms with Crippen LogP contribution in [0.1, 0.15) is 18.4 Å². The number of amides is 1. The van der Waals surface area contributed by atoms with E-state index in [1.807, 2.05) is 7.05 Å². The standard InChI is InChI=1S/C15H21FN2O2/c1-18(12-5-7-17-8-6-12)15(19)10-11-3-4-14(20-2)13(16)9-11/h3-4,9,12,17H,5-8,10H2,1-2H3. The van der Waals surface area contributed by atoms with E-state index in [9.17, 15) is 9.18 Å². The van der Waals surface area contributed by atoms with E-state index in [0.717, 1.165) is 25.9 Å². The second-order valence-corrected chi connectivity index (χ2v) is 5.13. The molecule has 5 heteroatoms. The van der Waals surface area contributed by atoms with Crippen molar-refractivity contribution >= 4 is 5.91 Å². The molecule has 1 heterocycles. The third kappa shape index (κ3) is 3.48. The maximum Gasteiger partial charge on any atom is 0.226 e. The van der Waals surface area contributed by atoms with Crippen molar-refractivity contribution in [1.29, 1.82) is 0 Å². The van der Waals surface area contributed by atoms with Gasteiger partial charge in [-0.1, -0.05) is 6.07 Å². The first-order valence-corrected chi connectivity index (χ1v) is 6.90. The summed E-state index contributed by atoms with van der Waals surface area (Å²) in [6, 6.07) is 4.94. The summed E-state index contributed by atoms with van der Waals surface area (Å²) in [5.74, 6) is -0.198. The fraction of sp³-hybridized carbons (Fsp3) is 0.533. The Balaban J connectivity index is 1.98. The van der Waals surface area contributed by atoms with Crippen LogP contribution in [0.15, 0.2) is 18.2 Å². The summed E-state index contributed by atoms with van der Waals surface area (Å²) in [4.78, 5) is 14.0. The summed E-state index contributed by atoms with van der Waals surface area (Å²) in [7, 11) is 3.26. The molecule has 1 aromatic carbocycles. The molecule has 2 rings (SSSR count). The van der Waals surface area contributed by atoms with Crippen LogP contribution < -0.4 is 10.1 Å². The molecule has 1 fully saturated rings. The van der Waals surface area contributed by atoms with Crippen molar-refractivity contribution in [3.63, 3.8) is 0 Å². The number of likely N-dealkylation sites (N-methyl/N-ethyl adjacent to an activating group) is 1. The zero-order chi connectivity index (χ0) is 14.5. The van der Waals surface area contributed by atoms with E-state index in [4.69, 9.17) is 4.74 Å². The first kappa shape index (κ1) is 14.8. The van der Waals surface area contributed by atoms with Gasteiger partial charge >= 0.3 is 0 Å². The van der Waals surface area contributed by atoms with Crippen molar-refractivity contribution in [2.75, 3.05) is 27.2 Å². The van der Waals surface area contributed by atoms with Crippen LogP contribution in [0.2, 0.25) is 0 Å². The molecule has 0 unspecified atom stereocenters. The smallest absolute Gasteiger partial charge is 0.226 e. The quantitative estimate of drug-likeness (QED) is 0.910. The fourth-order valence-corrected chi connectivity index (χ4v) is 2.52. The minimum Gasteiger partial charge on any atom is -0.494 e. The van der Waals surface area contributed by atoms with Gasteiger partial charge in [0, 0.05) is 13.1 Å². The van der Waals surface area contributed by atoms with Gasteiger partial charge in [0.2, 0.25) is 5.91 Å². The topological polar surface area (TPSA) is 41.6 Å². The Bertz CT molecular complexity index is 473. The van der Waals surface area contributed by atoms with Crippen LogP contribution in [-0.2, 0) is 11.2 Å². The fourth-order valence-electron chi connectivity index (χ4n) is 2.52. The molecule has 1 aliphatic rings. The van der Waals surface area contributed by atoms with E-state index in [1.165, 1.54) is 13.2 Å². The molecule has 0 atom stereocenters. The third-order valence-corrected chi connectivity index (χ3v) is 3.82. The van der Waals surface area contributed by atoms with Crippen LogP contribution in [0.25, 0.3) is 0 Å². The molecule has 110 valence electrons. The summed E-state index contributed by atoms with van der Waals surface area (Å²) in [6.45, 7) is 1.89. The normalized spacial score (nSPS) is 15.9. The molecule has 0 saturated carbocycles. The third-order valence-electron chi connectivity index (χ3n) is 3.82. The molecule has 4 nitrogen and oxygen atoms in total. The van der Waals surface area contributed by atoms with Gasteiger partial charge in [-0.3, -0.25) is 4.79 Å². The molecular weight excluding hydrogens is 259 g/mol. The van der Waals surface area contributed by atoms with Gasteiger partial charge in [0.05, 0.1) is 13.5 Å². The number of methoxy groups -OCH3 is 1. The Kier molecular flexibility index (Phi) is 4.95. The van der Waals surface area contributed by atoms with Gasteiger partial charge < -0.3 is 15.0 Å². The summed E-state index contributed by atoms with van der Waals surface area (Å²) in [5, 5.41) is 3.28. The van der Waals surface area contributed by atoms with E-state index in [0.29, 0.717) is 5.56 Å². The highest BCUT2D eigenvalue weighted by Gasteiger charge is 2.22. The van der Waals surface area contributed by atoms with Crippen LogP contribution in [0.3, 0.4) is 0 Å². The lowest BCUT2D eigenvalue weighted by molar-refractivity contribution is -0.131. The Morgan fingerprint density at radius 3 is 2.75 bits per heavy atom. The number of ether oxygens (including phenoxy) is 1. The molecule has 0 aromatic heterocycles. The molecule has 1 saturated heterocycles. The average Bonchev–Trinajstić information content (AvgIpc) is 2.47. The molecular formula is C15H21FN2O2. The van der Waals surface area contributed by atoms with Gasteiger partial charge in [-0.25, -0.2) is 4.39 Å². The van der Waals surface area contributed by atoms with Crippen molar-refractivity contribution in [3.05, 3.63) is 29.6 Å². The molecule has 1 amide bonds. The number of piperidine rings is 1. The van der Waals surface area contributed by atoms with Gasteiger partial charge in [-0.2, -0.15) is 0 Å². The van der Waals surface area contributed by atoms with E-state index in [2.05, 4.69) is 5.32 Å². The summed E-state index contributed by atoms with van der Waals surface area (Å²) >= 11 is 0. The van der Waals surface area contributed by atoms with Gasteiger partial charge in [0.25, 0.3) is 0 Å². The zero-order valence-corrected chi connectivity index (χ0v) is 12.0. The number of hydrogen-bond donors (Lipinski definition) is 1. The van der Waals surface area contributed by atoms with Crippen molar-refractivity contribution in [2.45, 2.75) is 25.3 Å². The lowest BCUT2D eigenvalue weighted by Crippen LogP contribution is -2.44. The van der Waals surface area contributed by atoms with E-state index < -0.39 is 5.82 Å². The van der Waals surface area contributed by atoms with E-state index in [1.54, 1.807) is 17.0 Å². The lowest BCUT2D eigenvalue weighted by atomic mass is 10.0. The Morgan fingerprint density at radius 1 is 1.45 bits per heavy atom. The number of nitrogens with zero attached hydrogens (tertiary/aromatic N) is 1. The Morgan fingerprint density at radius 2 is 2.15 bits per heavy atom. The second-order valence-electron chi connectivity index (χ2n) is 5.13. The van der Waals surface area contributed by atoms with Crippen molar-refractivity contribution < 1.29 is 13.9 Å². The second kappa shape index (κ2) is 6.70. The van der Waals surface area contributed by atoms with Gasteiger partial charge in [0.1, 0.15) is 0 Å². The molecule has 0 bridgehead atoms. The summed E-state index contributed by atoms with van der Waals surface area (Å²) < 4.78 is 18.5. The minimum atomic E-state index is -0.428. The lowest BCUT2D eigenvalue weighted by Gasteiger charge is -2.31. The van der Waals surface area contributed by atoms with Crippen molar-refractivity contribution in [3.8, 4) is 5.75 Å². The van der Waals surface area contributed by atoms with Crippen LogP contribution in [0, 0.1) is 5.82 Å². The Hall–Kier alpha value is -1.62. The summed E-state index contributed by atoms with van der Waals surface area (Å²) in [6.07, 6.45) is 2.17. The van der Waals surface area contributed by atoms with Gasteiger partial charge in [-0.05, 0) is 43.6 Å². The highest BCUT2D eigenvalue weighted by molar-refractivity contribution is 5.78. The van der Waals surface area contributed by atoms with Crippen molar-refractivity contribution in [1.82, 2.24) is 10.2 Å². The van der Waals surface area contributed by atoms with Crippen LogP contribution >= 0.6 is 0 Å². The van der Waals surface area contributed by atoms with E-state index in [-0.39, 0.29) is 24.1 Å². The van der Waals surface area contributed by atoms with Crippen LogP contribution in [-0.4, -0.2) is 44.1 Å². The van der Waals surface area contributed by atoms with Gasteiger partial charge in [0.15, 0.2) is 11.6 Å². The van der Waals surface area contributed by atoms with Crippen LogP contribution in [0.5, 0.6) is 5.75 Å². The molecule has 0 radical (unpaired) electrons. The molecule has 1 aromatic rings. The average molecular weight is 280 g/mol. The number of carbonyl (C=O) groups excluding carboxylic acids is 1. The molecule has 20 heavy (non-hydrogen) atoms. The number of carbonyl (C=O) groups is 1. The molecule has 1 aliphatic heterocycles. The van der Waals surface area contributed by atoms with Crippen LogP contribution in [0.4, 0.5) is 4.39 Å². The number of nitrogens with one attached hydrogen (secondary N) is 1. The number of hydrogen-bond acceptors (Lipinski definition) is 3. The number of rotatable bonds is 4. The predicted octanol–water partition coefficient (Wildman–Crippen LogP) is 1.59. The zero-order valence-electron chi connectivity index (χ0n) is 12.0. The monoisotopic (exact) mass is 280 g/mol. The molecule has 1 N–H and O–H groups in total. The minimum absolute atomic E-state index is 0.0291. The highest BCUT2D eigenvalue weighted by atomic mass is 19.1. The Labute approximate surface area is 118 Å². The molecule has 0 spiro atoms. The SMILES string of the molecule is COc1ccc(CC(=O)N(C)C2CCNCC2)cc1F. The number of halogens is 1. The van der Waals surface area contributed by atoms with E-state index >= 15 is 0 Å². The highest BCUT2D eigenvalue weighted by Crippen LogP contribution is 2.19. The maximum absolute atomic E-state index is 13.6. The first-order valence-electron chi connectivity index (χ1n) is 6.90. The van der Waals surface area contributed by atoms with Crippen molar-refractivity contribution in [2.24, 2.45) is 0 Å². The summed E-state index contributed by atoms with van der Waals surface area (Å²) in [5.41, 5.74) is 0.675. The number of benzene rings is 1. The predicted molar refractivity (Wildman–Crippen MR) is 75.3 cm³/mol. The van der Waals surface area contributed by atoms with Gasteiger partial charge in [-0.15, -0.1) is 0 Å².